The zero-order chi connectivity index (χ0) is 19.8. The Hall–Kier alpha value is -1.43. The van der Waals surface area contributed by atoms with Crippen LogP contribution in [0.2, 0.25) is 0 Å². The summed E-state index contributed by atoms with van der Waals surface area (Å²) in [6.45, 7) is 9.05. The summed E-state index contributed by atoms with van der Waals surface area (Å²) < 4.78 is 5.98. The number of aryl methyl sites for hydroxylation is 2. The topological polar surface area (TPSA) is 59.5 Å². The summed E-state index contributed by atoms with van der Waals surface area (Å²) in [5.41, 5.74) is 2.96. The van der Waals surface area contributed by atoms with Gasteiger partial charge < -0.3 is 9.64 Å². The number of ketones is 1. The molecule has 1 saturated carbocycles. The fourth-order valence-corrected chi connectivity index (χ4v) is 5.12. The summed E-state index contributed by atoms with van der Waals surface area (Å²) in [4.78, 5) is 32.1. The number of anilines is 1. The van der Waals surface area contributed by atoms with Crippen LogP contribution in [0.1, 0.15) is 74.1 Å². The van der Waals surface area contributed by atoms with Crippen LogP contribution in [0, 0.1) is 19.3 Å². The molecular weight excluding hydrogens is 408 g/mol. The Morgan fingerprint density at radius 3 is 2.41 bits per heavy atom. The van der Waals surface area contributed by atoms with Gasteiger partial charge in [0.25, 0.3) is 5.78 Å². The molecule has 5 nitrogen and oxygen atoms in total. The van der Waals surface area contributed by atoms with Gasteiger partial charge in [-0.05, 0) is 68.3 Å². The molecule has 1 spiro atoms. The van der Waals surface area contributed by atoms with Crippen molar-refractivity contribution < 1.29 is 14.3 Å². The van der Waals surface area contributed by atoms with E-state index < -0.39 is 11.8 Å². The van der Waals surface area contributed by atoms with E-state index in [0.717, 1.165) is 35.4 Å². The number of Topliss-reactive ketones (excluding diaryl/α,β-unsaturated/α-hetero) is 1. The van der Waals surface area contributed by atoms with Crippen LogP contribution < -0.4 is 4.90 Å². The van der Waals surface area contributed by atoms with E-state index in [1.165, 1.54) is 32.1 Å². The van der Waals surface area contributed by atoms with E-state index in [1.54, 1.807) is 20.8 Å². The average Bonchev–Trinajstić information content (AvgIpc) is 3.00. The van der Waals surface area contributed by atoms with Gasteiger partial charge in [-0.25, -0.2) is 4.79 Å². The first-order valence-electron chi connectivity index (χ1n) is 9.91. The largest absolute Gasteiger partial charge is 0.457 e. The molecule has 6 heteroatoms. The van der Waals surface area contributed by atoms with Crippen molar-refractivity contribution in [2.45, 2.75) is 72.3 Å². The third-order valence-electron chi connectivity index (χ3n) is 5.88. The van der Waals surface area contributed by atoms with Crippen molar-refractivity contribution in [2.75, 3.05) is 18.0 Å². The van der Waals surface area contributed by atoms with Crippen molar-refractivity contribution >= 4 is 33.4 Å². The van der Waals surface area contributed by atoms with Crippen LogP contribution in [0.5, 0.6) is 0 Å². The van der Waals surface area contributed by atoms with Gasteiger partial charge in [-0.3, -0.25) is 9.78 Å². The Morgan fingerprint density at radius 1 is 1.11 bits per heavy atom. The van der Waals surface area contributed by atoms with E-state index in [9.17, 15) is 9.59 Å². The highest BCUT2D eigenvalue weighted by Gasteiger charge is 2.41. The number of pyridine rings is 1. The Labute approximate surface area is 170 Å². The quantitative estimate of drug-likeness (QED) is 0.386. The molecule has 0 atom stereocenters. The molecule has 1 aliphatic heterocycles. The highest BCUT2D eigenvalue weighted by Crippen LogP contribution is 2.47. The molecule has 3 rings (SSSR count). The van der Waals surface area contributed by atoms with Gasteiger partial charge in [-0.15, -0.1) is 0 Å². The van der Waals surface area contributed by atoms with Gasteiger partial charge in [0.1, 0.15) is 0 Å². The molecule has 0 bridgehead atoms. The van der Waals surface area contributed by atoms with E-state index in [1.807, 2.05) is 6.92 Å². The number of nitrogens with zero attached hydrogens (tertiary/aromatic N) is 2. The van der Waals surface area contributed by atoms with Crippen molar-refractivity contribution in [2.24, 2.45) is 5.41 Å². The van der Waals surface area contributed by atoms with Gasteiger partial charge >= 0.3 is 5.97 Å². The molecular formula is C21H29BrN2O3. The molecule has 1 saturated heterocycles. The number of aromatic nitrogens is 1. The highest BCUT2D eigenvalue weighted by molar-refractivity contribution is 9.10. The van der Waals surface area contributed by atoms with E-state index in [-0.39, 0.29) is 6.10 Å². The minimum atomic E-state index is -0.807. The fraction of sp³-hybridized carbons (Fsp3) is 0.667. The Kier molecular flexibility index (Phi) is 5.94. The Bertz CT molecular complexity index is 754. The molecule has 2 fully saturated rings. The maximum Gasteiger partial charge on any atom is 0.380 e. The van der Waals surface area contributed by atoms with Gasteiger partial charge in [0.15, 0.2) is 0 Å². The van der Waals surface area contributed by atoms with Gasteiger partial charge in [0.05, 0.1) is 33.2 Å². The molecule has 0 aromatic carbocycles. The van der Waals surface area contributed by atoms with Crippen molar-refractivity contribution in [3.8, 4) is 0 Å². The molecule has 0 amide bonds. The summed E-state index contributed by atoms with van der Waals surface area (Å²) >= 11 is 3.65. The number of halogens is 1. The number of hydrogen-bond donors (Lipinski definition) is 0. The molecule has 0 radical (unpaired) electrons. The van der Waals surface area contributed by atoms with Crippen LogP contribution in [0.25, 0.3) is 0 Å². The zero-order valence-electron chi connectivity index (χ0n) is 16.7. The summed E-state index contributed by atoms with van der Waals surface area (Å²) in [6.07, 6.45) is 7.22. The number of ether oxygens (including phenoxy) is 1. The predicted octanol–water partition coefficient (Wildman–Crippen LogP) is 4.76. The minimum Gasteiger partial charge on any atom is -0.457 e. The second-order valence-electron chi connectivity index (χ2n) is 8.34. The standard InChI is InChI=1S/C21H29BrN2O3/c1-13(2)27-20(26)19(25)16-14(3)23-15(4)17(22)18(16)24-11-10-21(12-24)8-6-5-7-9-21/h13H,5-12H2,1-4H3. The smallest absolute Gasteiger partial charge is 0.380 e. The molecule has 0 unspecified atom stereocenters. The van der Waals surface area contributed by atoms with Crippen LogP contribution in [0.3, 0.4) is 0 Å². The minimum absolute atomic E-state index is 0.329. The molecule has 1 aliphatic carbocycles. The molecule has 148 valence electrons. The van der Waals surface area contributed by atoms with Gasteiger partial charge in [0.2, 0.25) is 0 Å². The lowest BCUT2D eigenvalue weighted by Crippen LogP contribution is -2.32. The average molecular weight is 437 g/mol. The lowest BCUT2D eigenvalue weighted by molar-refractivity contribution is -0.141. The Morgan fingerprint density at radius 2 is 1.78 bits per heavy atom. The SMILES string of the molecule is Cc1nc(C)c(C(=O)C(=O)OC(C)C)c(N2CCC3(CCCCC3)C2)c1Br. The van der Waals surface area contributed by atoms with Crippen LogP contribution in [0.4, 0.5) is 5.69 Å². The van der Waals surface area contributed by atoms with Gasteiger partial charge in [0, 0.05) is 13.1 Å². The third kappa shape index (κ3) is 4.05. The first-order valence-corrected chi connectivity index (χ1v) is 10.7. The number of carbonyl (C=O) groups excluding carboxylic acids is 2. The summed E-state index contributed by atoms with van der Waals surface area (Å²) in [6, 6.07) is 0. The number of rotatable bonds is 4. The monoisotopic (exact) mass is 436 g/mol. The van der Waals surface area contributed by atoms with Crippen molar-refractivity contribution in [3.63, 3.8) is 0 Å². The number of hydrogen-bond acceptors (Lipinski definition) is 5. The Balaban J connectivity index is 1.99. The number of esters is 1. The first kappa shape index (κ1) is 20.3. The third-order valence-corrected chi connectivity index (χ3v) is 6.83. The molecule has 2 aliphatic rings. The second kappa shape index (κ2) is 7.90. The van der Waals surface area contributed by atoms with Gasteiger partial charge in [-0.2, -0.15) is 0 Å². The molecule has 0 N–H and O–H groups in total. The predicted molar refractivity (Wildman–Crippen MR) is 109 cm³/mol. The van der Waals surface area contributed by atoms with Crippen molar-refractivity contribution in [1.82, 2.24) is 4.98 Å². The lowest BCUT2D eigenvalue weighted by atomic mass is 9.73. The van der Waals surface area contributed by atoms with E-state index in [4.69, 9.17) is 4.74 Å². The second-order valence-corrected chi connectivity index (χ2v) is 9.13. The van der Waals surface area contributed by atoms with E-state index >= 15 is 0 Å². The van der Waals surface area contributed by atoms with Crippen molar-refractivity contribution in [1.29, 1.82) is 0 Å². The maximum atomic E-state index is 12.9. The summed E-state index contributed by atoms with van der Waals surface area (Å²) in [7, 11) is 0. The molecule has 27 heavy (non-hydrogen) atoms. The fourth-order valence-electron chi connectivity index (χ4n) is 4.58. The molecule has 2 heterocycles. The van der Waals surface area contributed by atoms with Crippen LogP contribution >= 0.6 is 15.9 Å². The summed E-state index contributed by atoms with van der Waals surface area (Å²) in [5.74, 6) is -1.41. The zero-order valence-corrected chi connectivity index (χ0v) is 18.3. The lowest BCUT2D eigenvalue weighted by Gasteiger charge is -2.34. The highest BCUT2D eigenvalue weighted by atomic mass is 79.9. The maximum absolute atomic E-state index is 12.9. The van der Waals surface area contributed by atoms with Crippen LogP contribution in [0.15, 0.2) is 4.47 Å². The first-order chi connectivity index (χ1) is 12.7. The van der Waals surface area contributed by atoms with Gasteiger partial charge in [-0.1, -0.05) is 19.3 Å². The summed E-state index contributed by atoms with van der Waals surface area (Å²) in [5, 5.41) is 0. The normalized spacial score (nSPS) is 19.0. The van der Waals surface area contributed by atoms with E-state index in [0.29, 0.717) is 16.7 Å². The van der Waals surface area contributed by atoms with Crippen LogP contribution in [-0.4, -0.2) is 35.9 Å². The van der Waals surface area contributed by atoms with Crippen molar-refractivity contribution in [3.05, 3.63) is 21.4 Å². The van der Waals surface area contributed by atoms with Crippen LogP contribution in [-0.2, 0) is 9.53 Å². The number of carbonyl (C=O) groups is 2. The van der Waals surface area contributed by atoms with E-state index in [2.05, 4.69) is 25.8 Å². The molecule has 1 aromatic rings. The molecule has 1 aromatic heterocycles.